The molecular weight excluding hydrogens is 400 g/mol. The molecule has 30 heavy (non-hydrogen) atoms. The number of nitrogens with one attached hydrogen (secondary N) is 1. The average Bonchev–Trinajstić information content (AvgIpc) is 2.79. The number of rotatable bonds is 7. The van der Waals surface area contributed by atoms with E-state index in [1.807, 2.05) is 37.3 Å². The number of ether oxygens (including phenoxy) is 1. The monoisotopic (exact) mass is 424 g/mol. The van der Waals surface area contributed by atoms with Crippen molar-refractivity contribution in [2.75, 3.05) is 18.5 Å². The number of sulfonamides is 1. The van der Waals surface area contributed by atoms with Gasteiger partial charge < -0.3 is 10.1 Å². The highest BCUT2D eigenvalue weighted by molar-refractivity contribution is 7.92. The second-order valence-corrected chi connectivity index (χ2v) is 8.77. The molecule has 7 heteroatoms. The average molecular weight is 425 g/mol. The van der Waals surface area contributed by atoms with Crippen LogP contribution in [0.25, 0.3) is 0 Å². The number of para-hydroxylation sites is 1. The lowest BCUT2D eigenvalue weighted by atomic mass is 10.1. The fourth-order valence-corrected chi connectivity index (χ4v) is 4.23. The van der Waals surface area contributed by atoms with Gasteiger partial charge in [-0.1, -0.05) is 36.4 Å². The number of hydrogen-bond donors (Lipinski definition) is 1. The Morgan fingerprint density at radius 3 is 2.27 bits per heavy atom. The molecule has 0 radical (unpaired) electrons. The Morgan fingerprint density at radius 1 is 0.967 bits per heavy atom. The summed E-state index contributed by atoms with van der Waals surface area (Å²) in [6.45, 7) is 1.86. The standard InChI is InChI=1S/C23H24N2O4S/c1-17(18-12-14-21(29-3)15-13-18)24-23(26)19-8-7-11-22(16-19)30(27,28)25(2)20-9-5-4-6-10-20/h4-17H,1-3H3,(H,24,26)/t17-/m0/s1. The first-order valence-corrected chi connectivity index (χ1v) is 10.9. The van der Waals surface area contributed by atoms with Gasteiger partial charge in [-0.2, -0.15) is 0 Å². The summed E-state index contributed by atoms with van der Waals surface area (Å²) < 4.78 is 32.3. The molecule has 0 saturated carbocycles. The number of amides is 1. The molecule has 0 unspecified atom stereocenters. The largest absolute Gasteiger partial charge is 0.497 e. The summed E-state index contributed by atoms with van der Waals surface area (Å²) in [5, 5.41) is 2.90. The lowest BCUT2D eigenvalue weighted by Gasteiger charge is -2.20. The molecule has 6 nitrogen and oxygen atoms in total. The molecule has 0 aliphatic heterocycles. The molecule has 0 aromatic heterocycles. The van der Waals surface area contributed by atoms with Crippen molar-refractivity contribution in [1.82, 2.24) is 5.32 Å². The Kier molecular flexibility index (Phi) is 6.42. The SMILES string of the molecule is COc1ccc([C@H](C)NC(=O)c2cccc(S(=O)(=O)N(C)c3ccccc3)c2)cc1. The summed E-state index contributed by atoms with van der Waals surface area (Å²) in [5.41, 5.74) is 1.73. The molecule has 0 heterocycles. The van der Waals surface area contributed by atoms with Crippen LogP contribution in [0.4, 0.5) is 5.69 Å². The van der Waals surface area contributed by atoms with Crippen molar-refractivity contribution in [3.8, 4) is 5.75 Å². The van der Waals surface area contributed by atoms with Crippen LogP contribution in [-0.4, -0.2) is 28.5 Å². The van der Waals surface area contributed by atoms with Gasteiger partial charge in [0.15, 0.2) is 0 Å². The summed E-state index contributed by atoms with van der Waals surface area (Å²) in [4.78, 5) is 12.8. The Morgan fingerprint density at radius 2 is 1.63 bits per heavy atom. The first kappa shape index (κ1) is 21.4. The van der Waals surface area contributed by atoms with E-state index in [4.69, 9.17) is 4.74 Å². The van der Waals surface area contributed by atoms with E-state index in [-0.39, 0.29) is 22.4 Å². The van der Waals surface area contributed by atoms with E-state index >= 15 is 0 Å². The molecule has 0 aliphatic rings. The molecule has 0 saturated heterocycles. The van der Waals surface area contributed by atoms with Gasteiger partial charge in [-0.25, -0.2) is 8.42 Å². The molecule has 3 aromatic carbocycles. The molecule has 1 atom stereocenters. The number of carbonyl (C=O) groups is 1. The Labute approximate surface area is 177 Å². The van der Waals surface area contributed by atoms with E-state index in [9.17, 15) is 13.2 Å². The van der Waals surface area contributed by atoms with Gasteiger partial charge in [-0.05, 0) is 55.0 Å². The van der Waals surface area contributed by atoms with Crippen LogP contribution in [0.2, 0.25) is 0 Å². The van der Waals surface area contributed by atoms with Gasteiger partial charge in [0, 0.05) is 12.6 Å². The Balaban J connectivity index is 1.79. The first-order chi connectivity index (χ1) is 14.3. The molecular formula is C23H24N2O4S. The fourth-order valence-electron chi connectivity index (χ4n) is 2.99. The maximum absolute atomic E-state index is 13.0. The molecule has 1 amide bonds. The Hall–Kier alpha value is -3.32. The molecule has 0 fully saturated rings. The van der Waals surface area contributed by atoms with Crippen molar-refractivity contribution in [3.05, 3.63) is 90.0 Å². The van der Waals surface area contributed by atoms with E-state index < -0.39 is 10.0 Å². The third kappa shape index (κ3) is 4.63. The zero-order chi connectivity index (χ0) is 21.7. The fraction of sp³-hybridized carbons (Fsp3) is 0.174. The van der Waals surface area contributed by atoms with Crippen LogP contribution in [0.5, 0.6) is 5.75 Å². The van der Waals surface area contributed by atoms with Crippen LogP contribution in [0.15, 0.2) is 83.8 Å². The van der Waals surface area contributed by atoms with E-state index in [1.54, 1.807) is 43.5 Å². The molecule has 0 bridgehead atoms. The van der Waals surface area contributed by atoms with Gasteiger partial charge in [0.05, 0.1) is 23.7 Å². The van der Waals surface area contributed by atoms with E-state index in [1.165, 1.54) is 23.5 Å². The topological polar surface area (TPSA) is 75.7 Å². The maximum atomic E-state index is 13.0. The number of benzene rings is 3. The molecule has 0 spiro atoms. The van der Waals surface area contributed by atoms with Crippen molar-refractivity contribution in [1.29, 1.82) is 0 Å². The lowest BCUT2D eigenvalue weighted by Crippen LogP contribution is -2.28. The highest BCUT2D eigenvalue weighted by Crippen LogP contribution is 2.23. The molecule has 0 aliphatic carbocycles. The van der Waals surface area contributed by atoms with Crippen LogP contribution in [0.3, 0.4) is 0 Å². The van der Waals surface area contributed by atoms with Crippen LogP contribution >= 0.6 is 0 Å². The molecule has 3 rings (SSSR count). The van der Waals surface area contributed by atoms with Crippen molar-refractivity contribution in [2.24, 2.45) is 0 Å². The number of hydrogen-bond acceptors (Lipinski definition) is 4. The highest BCUT2D eigenvalue weighted by Gasteiger charge is 2.22. The summed E-state index contributed by atoms with van der Waals surface area (Å²) in [5.74, 6) is 0.385. The van der Waals surface area contributed by atoms with Crippen LogP contribution < -0.4 is 14.4 Å². The number of anilines is 1. The minimum absolute atomic E-state index is 0.0543. The summed E-state index contributed by atoms with van der Waals surface area (Å²) in [6.07, 6.45) is 0. The smallest absolute Gasteiger partial charge is 0.264 e. The second kappa shape index (κ2) is 9.00. The molecule has 3 aromatic rings. The number of nitrogens with zero attached hydrogens (tertiary/aromatic N) is 1. The summed E-state index contributed by atoms with van der Waals surface area (Å²) in [6, 6.07) is 22.0. The van der Waals surface area contributed by atoms with Gasteiger partial charge >= 0.3 is 0 Å². The van der Waals surface area contributed by atoms with Gasteiger partial charge in [0.1, 0.15) is 5.75 Å². The van der Waals surface area contributed by atoms with Crippen molar-refractivity contribution in [3.63, 3.8) is 0 Å². The first-order valence-electron chi connectivity index (χ1n) is 9.42. The molecule has 1 N–H and O–H groups in total. The number of methoxy groups -OCH3 is 1. The highest BCUT2D eigenvalue weighted by atomic mass is 32.2. The third-order valence-electron chi connectivity index (χ3n) is 4.84. The van der Waals surface area contributed by atoms with Crippen LogP contribution in [0.1, 0.15) is 28.9 Å². The van der Waals surface area contributed by atoms with Gasteiger partial charge in [0.2, 0.25) is 0 Å². The van der Waals surface area contributed by atoms with Gasteiger partial charge in [-0.15, -0.1) is 0 Å². The second-order valence-electron chi connectivity index (χ2n) is 6.80. The van der Waals surface area contributed by atoms with Gasteiger partial charge in [0.25, 0.3) is 15.9 Å². The predicted molar refractivity (Wildman–Crippen MR) is 117 cm³/mol. The van der Waals surface area contributed by atoms with E-state index in [2.05, 4.69) is 5.32 Å². The zero-order valence-electron chi connectivity index (χ0n) is 17.1. The maximum Gasteiger partial charge on any atom is 0.264 e. The summed E-state index contributed by atoms with van der Waals surface area (Å²) in [7, 11) is -0.714. The predicted octanol–water partition coefficient (Wildman–Crippen LogP) is 4.01. The van der Waals surface area contributed by atoms with E-state index in [0.29, 0.717) is 5.69 Å². The van der Waals surface area contributed by atoms with Crippen molar-refractivity contribution in [2.45, 2.75) is 17.9 Å². The van der Waals surface area contributed by atoms with E-state index in [0.717, 1.165) is 11.3 Å². The third-order valence-corrected chi connectivity index (χ3v) is 6.62. The minimum Gasteiger partial charge on any atom is -0.497 e. The normalized spacial score (nSPS) is 12.1. The quantitative estimate of drug-likeness (QED) is 0.622. The van der Waals surface area contributed by atoms with Crippen LogP contribution in [-0.2, 0) is 10.0 Å². The van der Waals surface area contributed by atoms with Crippen LogP contribution in [0, 0.1) is 0 Å². The lowest BCUT2D eigenvalue weighted by molar-refractivity contribution is 0.0939. The van der Waals surface area contributed by atoms with Gasteiger partial charge in [-0.3, -0.25) is 9.10 Å². The van der Waals surface area contributed by atoms with Crippen molar-refractivity contribution >= 4 is 21.6 Å². The summed E-state index contributed by atoms with van der Waals surface area (Å²) >= 11 is 0. The number of carbonyl (C=O) groups excluding carboxylic acids is 1. The zero-order valence-corrected chi connectivity index (χ0v) is 17.9. The minimum atomic E-state index is -3.80. The molecule has 156 valence electrons. The van der Waals surface area contributed by atoms with Crippen molar-refractivity contribution < 1.29 is 17.9 Å². The Bertz CT molecular complexity index is 1110.